The van der Waals surface area contributed by atoms with Gasteiger partial charge in [-0.15, -0.1) is 0 Å². The zero-order valence-corrected chi connectivity index (χ0v) is 25.0. The standard InChI is InChI=1S/C32H30N4O6S/c1-5-41-31(38)28-20(2)33-32-35(29(28)22-12-16-24(17-13-22)34(3)4)30(37)27(43-32)18-23-8-6-7-9-26(23)42-19-21-10-14-25(15-11-21)36(39)40/h6-18,29H,5,19H2,1-4H3/b27-18-/t29-/m0/s1. The number of thiazole rings is 1. The summed E-state index contributed by atoms with van der Waals surface area (Å²) < 4.78 is 13.4. The first-order chi connectivity index (χ1) is 20.7. The van der Waals surface area contributed by atoms with Crippen LogP contribution in [0.1, 0.15) is 36.6 Å². The van der Waals surface area contributed by atoms with Crippen molar-refractivity contribution in [2.24, 2.45) is 4.99 Å². The molecule has 5 rings (SSSR count). The number of aromatic nitrogens is 1. The number of carbonyl (C=O) groups excluding carboxylic acids is 1. The van der Waals surface area contributed by atoms with Gasteiger partial charge in [-0.05, 0) is 61.4 Å². The van der Waals surface area contributed by atoms with Crippen molar-refractivity contribution >= 4 is 34.8 Å². The Balaban J connectivity index is 1.55. The van der Waals surface area contributed by atoms with Gasteiger partial charge in [-0.3, -0.25) is 19.5 Å². The van der Waals surface area contributed by atoms with Crippen LogP contribution in [0, 0.1) is 10.1 Å². The molecule has 1 aromatic heterocycles. The van der Waals surface area contributed by atoms with Crippen molar-refractivity contribution < 1.29 is 19.2 Å². The van der Waals surface area contributed by atoms with Gasteiger partial charge in [-0.1, -0.05) is 41.7 Å². The predicted molar refractivity (Wildman–Crippen MR) is 165 cm³/mol. The van der Waals surface area contributed by atoms with Crippen molar-refractivity contribution in [3.8, 4) is 5.75 Å². The molecule has 0 unspecified atom stereocenters. The number of non-ortho nitro benzene ring substituents is 1. The lowest BCUT2D eigenvalue weighted by atomic mass is 9.95. The number of anilines is 1. The molecule has 43 heavy (non-hydrogen) atoms. The molecule has 0 aliphatic carbocycles. The molecule has 0 amide bonds. The van der Waals surface area contributed by atoms with Gasteiger partial charge in [-0.2, -0.15) is 0 Å². The molecular formula is C32H30N4O6S. The molecule has 10 nitrogen and oxygen atoms in total. The zero-order valence-electron chi connectivity index (χ0n) is 24.1. The number of nitro benzene ring substituents is 1. The number of esters is 1. The molecule has 1 atom stereocenters. The summed E-state index contributed by atoms with van der Waals surface area (Å²) in [5.74, 6) is 0.0376. The number of para-hydroxylation sites is 1. The van der Waals surface area contributed by atoms with E-state index in [0.717, 1.165) is 16.8 Å². The number of hydrogen-bond donors (Lipinski definition) is 0. The fourth-order valence-corrected chi connectivity index (χ4v) is 5.85. The Kier molecular flexibility index (Phi) is 8.53. The molecule has 3 aromatic carbocycles. The summed E-state index contributed by atoms with van der Waals surface area (Å²) in [6.45, 7) is 3.88. The van der Waals surface area contributed by atoms with Gasteiger partial charge in [0, 0.05) is 37.5 Å². The second-order valence-corrected chi connectivity index (χ2v) is 11.0. The van der Waals surface area contributed by atoms with Crippen molar-refractivity contribution in [3.05, 3.63) is 131 Å². The third-order valence-electron chi connectivity index (χ3n) is 6.99. The number of benzene rings is 3. The van der Waals surface area contributed by atoms with Crippen LogP contribution in [0.5, 0.6) is 5.75 Å². The number of ether oxygens (including phenoxy) is 2. The molecule has 0 fully saturated rings. The van der Waals surface area contributed by atoms with Crippen LogP contribution in [0.2, 0.25) is 0 Å². The predicted octanol–water partition coefficient (Wildman–Crippen LogP) is 4.35. The van der Waals surface area contributed by atoms with Crippen molar-refractivity contribution in [2.45, 2.75) is 26.5 Å². The molecule has 11 heteroatoms. The number of allylic oxidation sites excluding steroid dienone is 1. The highest BCUT2D eigenvalue weighted by atomic mass is 32.1. The fraction of sp³-hybridized carbons (Fsp3) is 0.219. The molecule has 0 saturated heterocycles. The van der Waals surface area contributed by atoms with E-state index in [1.54, 1.807) is 42.7 Å². The van der Waals surface area contributed by atoms with E-state index in [-0.39, 0.29) is 24.5 Å². The van der Waals surface area contributed by atoms with Crippen LogP contribution in [0.15, 0.2) is 93.9 Å². The summed E-state index contributed by atoms with van der Waals surface area (Å²) in [6, 6.07) is 20.5. The molecule has 4 aromatic rings. The molecule has 0 radical (unpaired) electrons. The zero-order chi connectivity index (χ0) is 30.7. The lowest BCUT2D eigenvalue weighted by Crippen LogP contribution is -2.40. The second-order valence-electron chi connectivity index (χ2n) is 10.0. The highest BCUT2D eigenvalue weighted by Gasteiger charge is 2.33. The van der Waals surface area contributed by atoms with E-state index in [4.69, 9.17) is 9.47 Å². The Bertz CT molecular complexity index is 1890. The lowest BCUT2D eigenvalue weighted by molar-refractivity contribution is -0.384. The Labute approximate surface area is 251 Å². The van der Waals surface area contributed by atoms with E-state index in [9.17, 15) is 19.7 Å². The van der Waals surface area contributed by atoms with Gasteiger partial charge in [0.2, 0.25) is 0 Å². The van der Waals surface area contributed by atoms with Gasteiger partial charge in [0.25, 0.3) is 11.2 Å². The minimum atomic E-state index is -0.706. The van der Waals surface area contributed by atoms with Crippen molar-refractivity contribution in [3.63, 3.8) is 0 Å². The summed E-state index contributed by atoms with van der Waals surface area (Å²) >= 11 is 1.24. The van der Waals surface area contributed by atoms with Gasteiger partial charge in [0.1, 0.15) is 12.4 Å². The van der Waals surface area contributed by atoms with E-state index in [0.29, 0.717) is 31.9 Å². The first-order valence-corrected chi connectivity index (χ1v) is 14.4. The van der Waals surface area contributed by atoms with Gasteiger partial charge >= 0.3 is 5.97 Å². The van der Waals surface area contributed by atoms with E-state index in [1.807, 2.05) is 61.5 Å². The average molecular weight is 599 g/mol. The number of fused-ring (bicyclic) bond motifs is 1. The number of hydrogen-bond acceptors (Lipinski definition) is 9. The van der Waals surface area contributed by atoms with Crippen LogP contribution in [0.3, 0.4) is 0 Å². The van der Waals surface area contributed by atoms with Crippen molar-refractivity contribution in [1.29, 1.82) is 0 Å². The summed E-state index contributed by atoms with van der Waals surface area (Å²) in [4.78, 5) is 44.8. The van der Waals surface area contributed by atoms with E-state index < -0.39 is 16.9 Å². The maximum absolute atomic E-state index is 14.0. The van der Waals surface area contributed by atoms with Crippen molar-refractivity contribution in [1.82, 2.24) is 4.57 Å². The van der Waals surface area contributed by atoms with Gasteiger partial charge in [0.15, 0.2) is 4.80 Å². The van der Waals surface area contributed by atoms with Gasteiger partial charge in [-0.25, -0.2) is 9.79 Å². The first kappa shape index (κ1) is 29.5. The maximum Gasteiger partial charge on any atom is 0.338 e. The quantitative estimate of drug-likeness (QED) is 0.160. The molecule has 1 aliphatic heterocycles. The fourth-order valence-electron chi connectivity index (χ4n) is 4.81. The Morgan fingerprint density at radius 2 is 1.79 bits per heavy atom. The summed E-state index contributed by atoms with van der Waals surface area (Å²) in [7, 11) is 3.89. The highest BCUT2D eigenvalue weighted by molar-refractivity contribution is 7.07. The van der Waals surface area contributed by atoms with Crippen LogP contribution in [0.25, 0.3) is 6.08 Å². The van der Waals surface area contributed by atoms with Gasteiger partial charge in [0.05, 0.1) is 33.4 Å². The third kappa shape index (κ3) is 6.12. The van der Waals surface area contributed by atoms with Crippen LogP contribution in [-0.4, -0.2) is 36.2 Å². The first-order valence-electron chi connectivity index (χ1n) is 13.6. The van der Waals surface area contributed by atoms with E-state index >= 15 is 0 Å². The highest BCUT2D eigenvalue weighted by Crippen LogP contribution is 2.31. The topological polar surface area (TPSA) is 116 Å². The van der Waals surface area contributed by atoms with Crippen LogP contribution in [0.4, 0.5) is 11.4 Å². The Hall–Kier alpha value is -5.03. The number of carbonyl (C=O) groups is 1. The smallest absolute Gasteiger partial charge is 0.338 e. The molecular weight excluding hydrogens is 568 g/mol. The molecule has 1 aliphatic rings. The van der Waals surface area contributed by atoms with E-state index in [1.165, 1.54) is 23.5 Å². The second kappa shape index (κ2) is 12.5. The van der Waals surface area contributed by atoms with Gasteiger partial charge < -0.3 is 14.4 Å². The molecule has 220 valence electrons. The maximum atomic E-state index is 14.0. The summed E-state index contributed by atoms with van der Waals surface area (Å²) in [6.07, 6.45) is 1.75. The molecule has 0 bridgehead atoms. The minimum absolute atomic E-state index is 0.00724. The van der Waals surface area contributed by atoms with Crippen LogP contribution >= 0.6 is 11.3 Å². The van der Waals surface area contributed by atoms with Crippen LogP contribution in [-0.2, 0) is 16.1 Å². The van der Waals surface area contributed by atoms with Crippen LogP contribution < -0.4 is 24.5 Å². The summed E-state index contributed by atoms with van der Waals surface area (Å²) in [5, 5.41) is 11.0. The largest absolute Gasteiger partial charge is 0.488 e. The molecule has 0 saturated carbocycles. The normalized spacial score (nSPS) is 14.6. The SMILES string of the molecule is CCOC(=O)C1=C(C)N=c2s/c(=C\c3ccccc3OCc3ccc([N+](=O)[O-])cc3)c(=O)n2[C@H]1c1ccc(N(C)C)cc1. The lowest BCUT2D eigenvalue weighted by Gasteiger charge is -2.25. The molecule has 2 heterocycles. The van der Waals surface area contributed by atoms with Crippen molar-refractivity contribution in [2.75, 3.05) is 25.6 Å². The number of rotatable bonds is 9. The number of nitrogens with zero attached hydrogens (tertiary/aromatic N) is 4. The Morgan fingerprint density at radius 1 is 1.09 bits per heavy atom. The summed E-state index contributed by atoms with van der Waals surface area (Å²) in [5.41, 5.74) is 3.75. The van der Waals surface area contributed by atoms with E-state index in [2.05, 4.69) is 4.99 Å². The minimum Gasteiger partial charge on any atom is -0.488 e. The monoisotopic (exact) mass is 598 g/mol. The number of nitro groups is 1. The average Bonchev–Trinajstić information content (AvgIpc) is 3.30. The third-order valence-corrected chi connectivity index (χ3v) is 7.97. The Morgan fingerprint density at radius 3 is 2.44 bits per heavy atom. The molecule has 0 spiro atoms. The molecule has 0 N–H and O–H groups in total.